The molecule has 5 nitrogen and oxygen atoms in total. The van der Waals surface area contributed by atoms with Crippen LogP contribution in [0.2, 0.25) is 0 Å². The van der Waals surface area contributed by atoms with Gasteiger partial charge in [0.15, 0.2) is 11.6 Å². The quantitative estimate of drug-likeness (QED) is 0.812. The lowest BCUT2D eigenvalue weighted by Gasteiger charge is -2.33. The van der Waals surface area contributed by atoms with E-state index < -0.39 is 11.6 Å². The minimum Gasteiger partial charge on any atom is -0.341 e. The van der Waals surface area contributed by atoms with E-state index in [9.17, 15) is 18.4 Å². The molecule has 2 aromatic rings. The third-order valence-corrected chi connectivity index (χ3v) is 5.66. The van der Waals surface area contributed by atoms with Gasteiger partial charge >= 0.3 is 0 Å². The van der Waals surface area contributed by atoms with Gasteiger partial charge in [0.25, 0.3) is 0 Å². The van der Waals surface area contributed by atoms with Crippen LogP contribution in [0.25, 0.3) is 0 Å². The molecule has 2 aliphatic heterocycles. The molecule has 1 aromatic heterocycles. The van der Waals surface area contributed by atoms with E-state index in [4.69, 9.17) is 0 Å². The summed E-state index contributed by atoms with van der Waals surface area (Å²) >= 11 is 0. The van der Waals surface area contributed by atoms with Crippen molar-refractivity contribution in [1.82, 2.24) is 14.8 Å². The van der Waals surface area contributed by atoms with Gasteiger partial charge in [-0.25, -0.2) is 8.78 Å². The van der Waals surface area contributed by atoms with Crippen molar-refractivity contribution in [1.29, 1.82) is 0 Å². The number of rotatable bonds is 4. The number of carbonyl (C=O) groups is 2. The van der Waals surface area contributed by atoms with Crippen LogP contribution in [-0.4, -0.2) is 46.2 Å². The van der Waals surface area contributed by atoms with E-state index in [1.165, 1.54) is 12.1 Å². The van der Waals surface area contributed by atoms with Crippen molar-refractivity contribution in [3.8, 4) is 0 Å². The first-order valence-corrected chi connectivity index (χ1v) is 9.41. The molecule has 2 saturated heterocycles. The highest BCUT2D eigenvalue weighted by atomic mass is 19.2. The lowest BCUT2D eigenvalue weighted by Crippen LogP contribution is -2.44. The second kappa shape index (κ2) is 7.66. The van der Waals surface area contributed by atoms with Gasteiger partial charge in [-0.2, -0.15) is 0 Å². The Bertz CT molecular complexity index is 890. The number of amides is 2. The summed E-state index contributed by atoms with van der Waals surface area (Å²) in [6.07, 6.45) is 4.07. The third kappa shape index (κ3) is 3.61. The van der Waals surface area contributed by atoms with Crippen molar-refractivity contribution < 1.29 is 18.4 Å². The minimum atomic E-state index is -0.980. The van der Waals surface area contributed by atoms with Crippen molar-refractivity contribution in [2.45, 2.75) is 19.4 Å². The Morgan fingerprint density at radius 1 is 1.18 bits per heavy atom. The number of benzene rings is 1. The summed E-state index contributed by atoms with van der Waals surface area (Å²) < 4.78 is 27.2. The summed E-state index contributed by atoms with van der Waals surface area (Å²) in [5.41, 5.74) is 1.02. The zero-order valence-corrected chi connectivity index (χ0v) is 15.4. The van der Waals surface area contributed by atoms with Crippen molar-refractivity contribution >= 4 is 11.8 Å². The first kappa shape index (κ1) is 18.5. The highest BCUT2D eigenvalue weighted by Crippen LogP contribution is 2.33. The minimum absolute atomic E-state index is 0.0457. The maximum atomic E-state index is 13.9. The molecule has 0 saturated carbocycles. The molecule has 2 amide bonds. The van der Waals surface area contributed by atoms with Crippen LogP contribution in [0.15, 0.2) is 42.7 Å². The number of carbonyl (C=O) groups excluding carboxylic acids is 2. The van der Waals surface area contributed by atoms with Gasteiger partial charge in [-0.15, -0.1) is 0 Å². The van der Waals surface area contributed by atoms with Crippen molar-refractivity contribution in [2.75, 3.05) is 19.6 Å². The normalized spacial score (nSPS) is 21.7. The van der Waals surface area contributed by atoms with Crippen LogP contribution in [-0.2, 0) is 22.6 Å². The molecule has 4 rings (SSSR count). The van der Waals surface area contributed by atoms with Gasteiger partial charge in [0.05, 0.1) is 12.3 Å². The molecule has 28 heavy (non-hydrogen) atoms. The Kier molecular flexibility index (Phi) is 5.07. The van der Waals surface area contributed by atoms with E-state index in [2.05, 4.69) is 4.98 Å². The number of likely N-dealkylation sites (tertiary alicyclic amines) is 2. The van der Waals surface area contributed by atoms with Crippen LogP contribution >= 0.6 is 0 Å². The fraction of sp³-hybridized carbons (Fsp3) is 0.381. The molecule has 7 heteroatoms. The first-order valence-electron chi connectivity index (χ1n) is 9.41. The average Bonchev–Trinajstić information content (AvgIpc) is 3.14. The molecular weight excluding hydrogens is 364 g/mol. The van der Waals surface area contributed by atoms with Gasteiger partial charge in [-0.3, -0.25) is 14.6 Å². The van der Waals surface area contributed by atoms with E-state index in [0.717, 1.165) is 18.1 Å². The largest absolute Gasteiger partial charge is 0.341 e. The van der Waals surface area contributed by atoms with Gasteiger partial charge in [0.2, 0.25) is 11.8 Å². The molecule has 3 heterocycles. The topological polar surface area (TPSA) is 53.5 Å². The molecule has 1 aromatic carbocycles. The molecule has 146 valence electrons. The highest BCUT2D eigenvalue weighted by Gasteiger charge is 2.44. The van der Waals surface area contributed by atoms with Crippen molar-refractivity contribution in [2.24, 2.45) is 11.8 Å². The van der Waals surface area contributed by atoms with E-state index in [1.54, 1.807) is 17.3 Å². The molecular formula is C21H21F2N3O2. The Morgan fingerprint density at radius 2 is 2.04 bits per heavy atom. The van der Waals surface area contributed by atoms with Crippen LogP contribution < -0.4 is 0 Å². The summed E-state index contributed by atoms with van der Waals surface area (Å²) in [6.45, 7) is 1.99. The Labute approximate surface area is 162 Å². The molecule has 2 atom stereocenters. The first-order chi connectivity index (χ1) is 13.5. The van der Waals surface area contributed by atoms with Crippen molar-refractivity contribution in [3.05, 3.63) is 65.5 Å². The summed E-state index contributed by atoms with van der Waals surface area (Å²) in [6, 6.07) is 7.62. The van der Waals surface area contributed by atoms with Crippen molar-refractivity contribution in [3.63, 3.8) is 0 Å². The number of hydrogen-bond donors (Lipinski definition) is 0. The predicted octanol–water partition coefficient (Wildman–Crippen LogP) is 2.41. The molecule has 0 bridgehead atoms. The molecule has 2 fully saturated rings. The van der Waals surface area contributed by atoms with Gasteiger partial charge in [-0.1, -0.05) is 18.2 Å². The monoisotopic (exact) mass is 385 g/mol. The zero-order valence-electron chi connectivity index (χ0n) is 15.4. The van der Waals surface area contributed by atoms with Crippen LogP contribution in [0.1, 0.15) is 17.5 Å². The average molecular weight is 385 g/mol. The van der Waals surface area contributed by atoms with Gasteiger partial charge < -0.3 is 9.80 Å². The number of fused-ring (bicyclic) bond motifs is 1. The Hall–Kier alpha value is -2.83. The number of pyridine rings is 1. The zero-order chi connectivity index (χ0) is 19.7. The standard InChI is InChI=1S/C21H21F2N3O2/c22-18-5-1-4-15(20(18)23)9-19(27)26-12-16-6-8-25(21(28)17(16)13-26)11-14-3-2-7-24-10-14/h1-5,7,10,16-17H,6,8-9,11-13H2/t16-,17-/m1/s1. The fourth-order valence-corrected chi connectivity index (χ4v) is 4.14. The maximum Gasteiger partial charge on any atom is 0.228 e. The number of piperidine rings is 1. The summed E-state index contributed by atoms with van der Waals surface area (Å²) in [5, 5.41) is 0. The number of hydrogen-bond acceptors (Lipinski definition) is 3. The van der Waals surface area contributed by atoms with Crippen LogP contribution in [0.3, 0.4) is 0 Å². The van der Waals surface area contributed by atoms with Crippen LogP contribution in [0.4, 0.5) is 8.78 Å². The van der Waals surface area contributed by atoms with E-state index in [-0.39, 0.29) is 35.6 Å². The van der Waals surface area contributed by atoms with Gasteiger partial charge in [-0.05, 0) is 30.0 Å². The lowest BCUT2D eigenvalue weighted by atomic mass is 9.88. The number of aromatic nitrogens is 1. The number of halogens is 2. The Morgan fingerprint density at radius 3 is 2.82 bits per heavy atom. The summed E-state index contributed by atoms with van der Waals surface area (Å²) in [4.78, 5) is 33.0. The number of nitrogens with zero attached hydrogens (tertiary/aromatic N) is 3. The third-order valence-electron chi connectivity index (χ3n) is 5.66. The lowest BCUT2D eigenvalue weighted by molar-refractivity contribution is -0.140. The van der Waals surface area contributed by atoms with E-state index >= 15 is 0 Å². The predicted molar refractivity (Wildman–Crippen MR) is 97.9 cm³/mol. The van der Waals surface area contributed by atoms with E-state index in [1.807, 2.05) is 17.0 Å². The second-order valence-electron chi connectivity index (χ2n) is 7.46. The second-order valence-corrected chi connectivity index (χ2v) is 7.46. The maximum absolute atomic E-state index is 13.9. The molecule has 0 aliphatic carbocycles. The molecule has 0 unspecified atom stereocenters. The van der Waals surface area contributed by atoms with E-state index in [0.29, 0.717) is 26.2 Å². The summed E-state index contributed by atoms with van der Waals surface area (Å²) in [7, 11) is 0. The smallest absolute Gasteiger partial charge is 0.228 e. The Balaban J connectivity index is 1.40. The molecule has 0 N–H and O–H groups in total. The molecule has 2 aliphatic rings. The molecule has 0 spiro atoms. The van der Waals surface area contributed by atoms with Gasteiger partial charge in [0.1, 0.15) is 0 Å². The SMILES string of the molecule is O=C(Cc1cccc(F)c1F)N1C[C@H]2CCN(Cc3cccnc3)C(=O)[C@@H]2C1. The van der Waals surface area contributed by atoms with Crippen LogP contribution in [0.5, 0.6) is 0 Å². The van der Waals surface area contributed by atoms with Gasteiger partial charge in [0, 0.05) is 44.1 Å². The fourth-order valence-electron chi connectivity index (χ4n) is 4.14. The highest BCUT2D eigenvalue weighted by molar-refractivity contribution is 5.84. The van der Waals surface area contributed by atoms with Crippen LogP contribution in [0, 0.1) is 23.5 Å². The summed E-state index contributed by atoms with van der Waals surface area (Å²) in [5.74, 6) is -2.27. The molecule has 0 radical (unpaired) electrons.